The van der Waals surface area contributed by atoms with Crippen LogP contribution in [0.2, 0.25) is 10.0 Å². The number of aryl methyl sites for hydroxylation is 1. The smallest absolute Gasteiger partial charge is 0.0835 e. The summed E-state index contributed by atoms with van der Waals surface area (Å²) < 4.78 is 2.54. The third kappa shape index (κ3) is 2.94. The Balaban J connectivity index is 2.12. The van der Waals surface area contributed by atoms with Gasteiger partial charge in [0.25, 0.3) is 0 Å². The summed E-state index contributed by atoms with van der Waals surface area (Å²) in [4.78, 5) is 0. The van der Waals surface area contributed by atoms with Crippen molar-refractivity contribution in [3.8, 4) is 0 Å². The first-order valence-electron chi connectivity index (χ1n) is 4.94. The number of hydrogen-bond donors (Lipinski definition) is 1. The molecule has 1 aromatic heterocycles. The summed E-state index contributed by atoms with van der Waals surface area (Å²) >= 11 is 15.5. The zero-order chi connectivity index (χ0) is 12.4. The van der Waals surface area contributed by atoms with E-state index < -0.39 is 0 Å². The molecule has 0 saturated carbocycles. The first-order valence-corrected chi connectivity index (χ1v) is 6.48. The molecule has 6 heteroatoms. The molecule has 0 saturated heterocycles. The number of benzene rings is 1. The van der Waals surface area contributed by atoms with Gasteiger partial charge in [0.05, 0.1) is 28.0 Å². The summed E-state index contributed by atoms with van der Waals surface area (Å²) in [6, 6.07) is 5.68. The van der Waals surface area contributed by atoms with Crippen molar-refractivity contribution >= 4 is 44.8 Å². The number of halogens is 3. The molecule has 2 aromatic rings. The lowest BCUT2D eigenvalue weighted by Crippen LogP contribution is -2.01. The maximum absolute atomic E-state index is 6.12. The average molecular weight is 335 g/mol. The Kier molecular flexibility index (Phi) is 3.97. The van der Waals surface area contributed by atoms with Gasteiger partial charge in [0.1, 0.15) is 0 Å². The van der Waals surface area contributed by atoms with E-state index in [4.69, 9.17) is 23.2 Å². The maximum atomic E-state index is 6.12. The van der Waals surface area contributed by atoms with Crippen LogP contribution in [-0.2, 0) is 13.6 Å². The van der Waals surface area contributed by atoms with Crippen molar-refractivity contribution in [1.29, 1.82) is 0 Å². The van der Waals surface area contributed by atoms with Gasteiger partial charge in [0, 0.05) is 17.7 Å². The molecule has 0 aliphatic carbocycles. The van der Waals surface area contributed by atoms with E-state index in [1.165, 1.54) is 0 Å². The molecule has 0 atom stereocenters. The first-order chi connectivity index (χ1) is 8.08. The van der Waals surface area contributed by atoms with Crippen molar-refractivity contribution in [3.05, 3.63) is 44.6 Å². The summed E-state index contributed by atoms with van der Waals surface area (Å²) in [6.45, 7) is 0.610. The summed E-state index contributed by atoms with van der Waals surface area (Å²) in [6.07, 6.45) is 1.90. The van der Waals surface area contributed by atoms with Gasteiger partial charge in [-0.25, -0.2) is 0 Å². The molecule has 0 unspecified atom stereocenters. The number of hydrogen-bond acceptors (Lipinski definition) is 2. The highest BCUT2D eigenvalue weighted by Gasteiger charge is 2.08. The van der Waals surface area contributed by atoms with E-state index in [-0.39, 0.29) is 0 Å². The lowest BCUT2D eigenvalue weighted by Gasteiger charge is -2.09. The van der Waals surface area contributed by atoms with Crippen LogP contribution in [0.15, 0.2) is 28.9 Å². The molecular weight excluding hydrogens is 325 g/mol. The molecule has 1 aromatic carbocycles. The lowest BCUT2D eigenvalue weighted by atomic mass is 10.3. The van der Waals surface area contributed by atoms with Crippen LogP contribution in [0.25, 0.3) is 0 Å². The van der Waals surface area contributed by atoms with Gasteiger partial charge in [-0.05, 0) is 34.1 Å². The molecule has 0 radical (unpaired) electrons. The molecule has 17 heavy (non-hydrogen) atoms. The minimum atomic E-state index is 0.511. The number of rotatable bonds is 3. The minimum absolute atomic E-state index is 0.511. The molecule has 0 fully saturated rings. The quantitative estimate of drug-likeness (QED) is 0.856. The zero-order valence-electron chi connectivity index (χ0n) is 9.04. The highest BCUT2D eigenvalue weighted by Crippen LogP contribution is 2.35. The van der Waals surface area contributed by atoms with E-state index in [0.29, 0.717) is 16.6 Å². The summed E-state index contributed by atoms with van der Waals surface area (Å²) in [7, 11) is 1.88. The SMILES string of the molecule is Cn1ccc(CNc2ccc(Br)c(Cl)c2Cl)n1. The van der Waals surface area contributed by atoms with Gasteiger partial charge in [0.15, 0.2) is 0 Å². The van der Waals surface area contributed by atoms with Crippen LogP contribution in [0.1, 0.15) is 5.69 Å². The van der Waals surface area contributed by atoms with Gasteiger partial charge >= 0.3 is 0 Å². The molecule has 1 N–H and O–H groups in total. The molecule has 0 spiro atoms. The van der Waals surface area contributed by atoms with Crippen LogP contribution in [0.5, 0.6) is 0 Å². The maximum Gasteiger partial charge on any atom is 0.0835 e. The van der Waals surface area contributed by atoms with Gasteiger partial charge in [-0.3, -0.25) is 4.68 Å². The molecule has 1 heterocycles. The van der Waals surface area contributed by atoms with Crippen molar-refractivity contribution in [2.45, 2.75) is 6.54 Å². The molecule has 0 amide bonds. The van der Waals surface area contributed by atoms with Crippen molar-refractivity contribution in [2.24, 2.45) is 7.05 Å². The van der Waals surface area contributed by atoms with Crippen LogP contribution in [0.4, 0.5) is 5.69 Å². The molecule has 0 bridgehead atoms. The topological polar surface area (TPSA) is 29.9 Å². The van der Waals surface area contributed by atoms with Crippen LogP contribution >= 0.6 is 39.1 Å². The number of anilines is 1. The molecule has 2 rings (SSSR count). The fourth-order valence-corrected chi connectivity index (χ4v) is 2.25. The van der Waals surface area contributed by atoms with Gasteiger partial charge in [-0.1, -0.05) is 23.2 Å². The monoisotopic (exact) mass is 333 g/mol. The number of nitrogens with zero attached hydrogens (tertiary/aromatic N) is 2. The second-order valence-corrected chi connectivity index (χ2v) is 5.17. The third-order valence-electron chi connectivity index (χ3n) is 2.26. The molecule has 90 valence electrons. The van der Waals surface area contributed by atoms with E-state index in [1.54, 1.807) is 4.68 Å². The molecular formula is C11H10BrCl2N3. The van der Waals surface area contributed by atoms with E-state index >= 15 is 0 Å². The van der Waals surface area contributed by atoms with Crippen molar-refractivity contribution in [2.75, 3.05) is 5.32 Å². The first kappa shape index (κ1) is 12.7. The van der Waals surface area contributed by atoms with E-state index in [1.807, 2.05) is 31.4 Å². The van der Waals surface area contributed by atoms with Crippen molar-refractivity contribution < 1.29 is 0 Å². The number of nitrogens with one attached hydrogen (secondary N) is 1. The Morgan fingerprint density at radius 2 is 2.06 bits per heavy atom. The lowest BCUT2D eigenvalue weighted by molar-refractivity contribution is 0.747. The molecule has 0 aliphatic heterocycles. The summed E-state index contributed by atoms with van der Waals surface area (Å²) in [5.74, 6) is 0. The largest absolute Gasteiger partial charge is 0.378 e. The normalized spacial score (nSPS) is 10.6. The summed E-state index contributed by atoms with van der Waals surface area (Å²) in [5, 5.41) is 8.48. The van der Waals surface area contributed by atoms with Gasteiger partial charge in [-0.2, -0.15) is 5.10 Å². The van der Waals surface area contributed by atoms with E-state index in [9.17, 15) is 0 Å². The predicted octanol–water partition coefficient (Wildman–Crippen LogP) is 4.10. The van der Waals surface area contributed by atoms with Gasteiger partial charge in [0.2, 0.25) is 0 Å². The predicted molar refractivity (Wildman–Crippen MR) is 74.7 cm³/mol. The summed E-state index contributed by atoms with van der Waals surface area (Å²) in [5.41, 5.74) is 1.74. The third-order valence-corrected chi connectivity index (χ3v) is 4.03. The number of aromatic nitrogens is 2. The fraction of sp³-hybridized carbons (Fsp3) is 0.182. The second-order valence-electron chi connectivity index (χ2n) is 3.56. The highest BCUT2D eigenvalue weighted by molar-refractivity contribution is 9.10. The van der Waals surface area contributed by atoms with Crippen molar-refractivity contribution in [3.63, 3.8) is 0 Å². The van der Waals surface area contributed by atoms with E-state index in [0.717, 1.165) is 15.9 Å². The van der Waals surface area contributed by atoms with Crippen LogP contribution in [0.3, 0.4) is 0 Å². The Hall–Kier alpha value is -0.710. The standard InChI is InChI=1S/C11H10BrCl2N3/c1-17-5-4-7(16-17)6-15-9-3-2-8(12)10(13)11(9)14/h2-5,15H,6H2,1H3. The van der Waals surface area contributed by atoms with Crippen LogP contribution in [-0.4, -0.2) is 9.78 Å². The highest BCUT2D eigenvalue weighted by atomic mass is 79.9. The molecule has 0 aliphatic rings. The minimum Gasteiger partial charge on any atom is -0.378 e. The van der Waals surface area contributed by atoms with Gasteiger partial charge in [-0.15, -0.1) is 0 Å². The molecule has 3 nitrogen and oxygen atoms in total. The Labute approximate surface area is 118 Å². The second kappa shape index (κ2) is 5.29. The van der Waals surface area contributed by atoms with E-state index in [2.05, 4.69) is 26.3 Å². The van der Waals surface area contributed by atoms with Crippen LogP contribution < -0.4 is 5.32 Å². The van der Waals surface area contributed by atoms with Gasteiger partial charge < -0.3 is 5.32 Å². The fourth-order valence-electron chi connectivity index (χ4n) is 1.41. The van der Waals surface area contributed by atoms with Crippen LogP contribution in [0, 0.1) is 0 Å². The Morgan fingerprint density at radius 3 is 2.71 bits per heavy atom. The zero-order valence-corrected chi connectivity index (χ0v) is 12.1. The van der Waals surface area contributed by atoms with Crippen molar-refractivity contribution in [1.82, 2.24) is 9.78 Å². The Bertz CT molecular complexity index is 540. The average Bonchev–Trinajstić information content (AvgIpc) is 2.71. The Morgan fingerprint density at radius 1 is 1.29 bits per heavy atom.